The zero-order chi connectivity index (χ0) is 73.7. The molecule has 0 spiro atoms. The van der Waals surface area contributed by atoms with Gasteiger partial charge < -0.3 is 59.7 Å². The molecule has 31 heteroatoms. The molecule has 18 nitrogen and oxygen atoms in total. The minimum Gasteiger partial charge on any atom is -0.543 e. The molecule has 6 heterocycles. The van der Waals surface area contributed by atoms with Gasteiger partial charge in [0.25, 0.3) is 0 Å². The third-order valence-corrected chi connectivity index (χ3v) is 15.4. The number of nitrogens with zero attached hydrogens (tertiary/aromatic N) is 6. The Morgan fingerprint density at radius 1 is 0.320 bits per heavy atom. The molecule has 0 unspecified atom stereocenters. The SMILES string of the molecule is O=C([O-])C1=C(c2ccc(F)cc2F)C(c2ccc(F)cc2F)=CCN1c1cccnc1C(=O)O.O=C([O-])C1=C(c2ccc(F)cc2F)C(c2ccc(F)cc2F)=CCN1c1cccnc1C(=O)O.O=C([O-])C1=C(c2ccc(F)cc2F)C(c2ccc(F)cc2F)=CCN1c1cccnc1C(=O)O.[Ir+3]. The largest absolute Gasteiger partial charge is 3.00 e. The molecule has 3 aliphatic heterocycles. The fourth-order valence-corrected chi connectivity index (χ4v) is 11.3. The molecule has 3 aliphatic rings. The Morgan fingerprint density at radius 3 is 0.709 bits per heavy atom. The van der Waals surface area contributed by atoms with Gasteiger partial charge in [-0.2, -0.15) is 0 Å². The number of aliphatic carboxylic acids is 3. The first-order valence-corrected chi connectivity index (χ1v) is 29.1. The second-order valence-corrected chi connectivity index (χ2v) is 21.5. The second kappa shape index (κ2) is 31.2. The maximum atomic E-state index is 14.9. The summed E-state index contributed by atoms with van der Waals surface area (Å²) in [6, 6.07) is 22.7. The number of pyridine rings is 3. The fraction of sp³-hybridized carbons (Fsp3) is 0.0417. The van der Waals surface area contributed by atoms with Crippen molar-refractivity contribution in [1.29, 1.82) is 0 Å². The zero-order valence-corrected chi connectivity index (χ0v) is 53.9. The van der Waals surface area contributed by atoms with Crippen molar-refractivity contribution in [3.63, 3.8) is 0 Å². The number of halogens is 12. The van der Waals surface area contributed by atoms with E-state index in [9.17, 15) is 112 Å². The molecule has 0 atom stereocenters. The van der Waals surface area contributed by atoms with Crippen LogP contribution in [0.25, 0.3) is 33.4 Å². The maximum absolute atomic E-state index is 14.9. The van der Waals surface area contributed by atoms with Gasteiger partial charge in [-0.05, 0) is 126 Å². The summed E-state index contributed by atoms with van der Waals surface area (Å²) in [7, 11) is 0. The van der Waals surface area contributed by atoms with E-state index in [0.29, 0.717) is 36.4 Å². The first-order valence-electron chi connectivity index (χ1n) is 29.1. The third kappa shape index (κ3) is 15.5. The summed E-state index contributed by atoms with van der Waals surface area (Å²) in [5, 5.41) is 65.5. The van der Waals surface area contributed by atoms with Gasteiger partial charge in [0.2, 0.25) is 0 Å². The van der Waals surface area contributed by atoms with E-state index in [1.807, 2.05) is 0 Å². The van der Waals surface area contributed by atoms with Crippen LogP contribution in [0.5, 0.6) is 0 Å². The van der Waals surface area contributed by atoms with Gasteiger partial charge in [-0.3, -0.25) is 0 Å². The number of allylic oxidation sites excluding steroid dienone is 6. The summed E-state index contributed by atoms with van der Waals surface area (Å²) < 4.78 is 170. The molecule has 522 valence electrons. The van der Waals surface area contributed by atoms with Gasteiger partial charge in [0, 0.05) is 125 Å². The van der Waals surface area contributed by atoms with Crippen molar-refractivity contribution in [3.8, 4) is 0 Å². The summed E-state index contributed by atoms with van der Waals surface area (Å²) >= 11 is 0. The predicted octanol–water partition coefficient (Wildman–Crippen LogP) is 10.2. The number of rotatable bonds is 15. The van der Waals surface area contributed by atoms with Crippen LogP contribution in [0, 0.1) is 69.8 Å². The number of hydrogen-bond acceptors (Lipinski definition) is 15. The van der Waals surface area contributed by atoms with E-state index in [0.717, 1.165) is 87.5 Å². The molecular weight excluding hydrogens is 1560 g/mol. The van der Waals surface area contributed by atoms with E-state index in [4.69, 9.17) is 0 Å². The number of aromatic nitrogens is 3. The van der Waals surface area contributed by atoms with E-state index in [-0.39, 0.29) is 90.2 Å². The molecule has 0 amide bonds. The zero-order valence-electron chi connectivity index (χ0n) is 51.5. The normalized spacial score (nSPS) is 13.5. The molecule has 9 aromatic rings. The standard InChI is InChI=1S/3C24H14F4N2O4.Ir/c3*25-12-3-5-14(17(27)10-12)15-7-9-30(19-2-1-8-29-21(19)23(31)32)22(24(33)34)20(15)16-6-4-13(26)11-18(16)28;/h3*1-8,10-11H,9H2,(H,31,32)(H,33,34);/q;;;+3/p-3. The molecule has 12 rings (SSSR count). The van der Waals surface area contributed by atoms with E-state index in [1.54, 1.807) is 0 Å². The Bertz CT molecular complexity index is 4720. The van der Waals surface area contributed by atoms with Crippen LogP contribution < -0.4 is 30.0 Å². The van der Waals surface area contributed by atoms with Crippen molar-refractivity contribution >= 4 is 86.3 Å². The second-order valence-electron chi connectivity index (χ2n) is 21.5. The fourth-order valence-electron chi connectivity index (χ4n) is 11.3. The van der Waals surface area contributed by atoms with Gasteiger partial charge in [-0.25, -0.2) is 82.0 Å². The van der Waals surface area contributed by atoms with Crippen molar-refractivity contribution in [3.05, 3.63) is 320 Å². The van der Waals surface area contributed by atoms with Gasteiger partial charge in [-0.1, -0.05) is 18.2 Å². The monoisotopic (exact) mass is 1600 g/mol. The van der Waals surface area contributed by atoms with Crippen LogP contribution in [0.15, 0.2) is 200 Å². The van der Waals surface area contributed by atoms with E-state index < -0.39 is 173 Å². The summed E-state index contributed by atoms with van der Waals surface area (Å²) in [4.78, 5) is 86.3. The van der Waals surface area contributed by atoms with Crippen LogP contribution in [0.2, 0.25) is 0 Å². The Labute approximate surface area is 585 Å². The Hall–Kier alpha value is -12.8. The van der Waals surface area contributed by atoms with Crippen molar-refractivity contribution < 1.29 is 132 Å². The number of hydrogen-bond donors (Lipinski definition) is 3. The maximum Gasteiger partial charge on any atom is 3.00 e. The van der Waals surface area contributed by atoms with Gasteiger partial charge in [0.1, 0.15) is 69.8 Å². The molecule has 6 aromatic carbocycles. The summed E-state index contributed by atoms with van der Waals surface area (Å²) in [5.41, 5.74) is -7.64. The van der Waals surface area contributed by atoms with Crippen LogP contribution in [0.3, 0.4) is 0 Å². The predicted molar refractivity (Wildman–Crippen MR) is 333 cm³/mol. The summed E-state index contributed by atoms with van der Waals surface area (Å²) in [6.45, 7) is -0.894. The average molecular weight is 1600 g/mol. The van der Waals surface area contributed by atoms with Gasteiger partial charge in [0.05, 0.1) is 52.1 Å². The summed E-state index contributed by atoms with van der Waals surface area (Å²) in [6.07, 6.45) is 7.53. The molecule has 103 heavy (non-hydrogen) atoms. The first-order chi connectivity index (χ1) is 48.6. The number of benzene rings is 6. The number of carbonyl (C=O) groups excluding carboxylic acids is 3. The third-order valence-electron chi connectivity index (χ3n) is 15.4. The topological polar surface area (TPSA) is 281 Å². The van der Waals surface area contributed by atoms with Crippen molar-refractivity contribution in [1.82, 2.24) is 15.0 Å². The number of aromatic carboxylic acids is 3. The molecule has 0 bridgehead atoms. The van der Waals surface area contributed by atoms with Crippen molar-refractivity contribution in [2.24, 2.45) is 0 Å². The molecule has 0 saturated heterocycles. The average Bonchev–Trinajstić information content (AvgIpc) is 0.762. The molecule has 0 saturated carbocycles. The molecular formula is C72H39F12IrN6O12. The van der Waals surface area contributed by atoms with Crippen LogP contribution in [-0.4, -0.2) is 85.7 Å². The van der Waals surface area contributed by atoms with Gasteiger partial charge in [-0.15, -0.1) is 0 Å². The van der Waals surface area contributed by atoms with E-state index >= 15 is 0 Å². The summed E-state index contributed by atoms with van der Waals surface area (Å²) in [5.74, 6) is -22.0. The van der Waals surface area contributed by atoms with Crippen molar-refractivity contribution in [2.45, 2.75) is 0 Å². The number of carbonyl (C=O) groups is 6. The van der Waals surface area contributed by atoms with Gasteiger partial charge >= 0.3 is 38.0 Å². The van der Waals surface area contributed by atoms with Crippen LogP contribution >= 0.6 is 0 Å². The molecule has 3 N–H and O–H groups in total. The Morgan fingerprint density at radius 2 is 0.524 bits per heavy atom. The molecule has 0 fully saturated rings. The number of carboxylic acid groups (broad SMARTS) is 6. The van der Waals surface area contributed by atoms with Crippen LogP contribution in [0.1, 0.15) is 64.8 Å². The van der Waals surface area contributed by atoms with E-state index in [2.05, 4.69) is 15.0 Å². The number of anilines is 3. The Kier molecular flexibility index (Phi) is 22.6. The van der Waals surface area contributed by atoms with E-state index in [1.165, 1.54) is 73.2 Å². The smallest absolute Gasteiger partial charge is 0.543 e. The minimum absolute atomic E-state index is 0. The molecule has 0 aliphatic carbocycles. The molecule has 3 aromatic heterocycles. The molecule has 0 radical (unpaired) electrons. The Balaban J connectivity index is 0.000000179. The van der Waals surface area contributed by atoms with Crippen LogP contribution in [0.4, 0.5) is 69.7 Å². The first kappa shape index (κ1) is 74.5. The van der Waals surface area contributed by atoms with Gasteiger partial charge in [0.15, 0.2) is 17.1 Å². The number of carboxylic acids is 6. The quantitative estimate of drug-likeness (QED) is 0.0805. The van der Waals surface area contributed by atoms with Crippen molar-refractivity contribution in [2.75, 3.05) is 34.3 Å². The van der Waals surface area contributed by atoms with Crippen LogP contribution in [-0.2, 0) is 34.5 Å². The minimum atomic E-state index is -1.84.